The molecule has 0 saturated carbocycles. The van der Waals surface area contributed by atoms with E-state index in [9.17, 15) is 19.8 Å². The summed E-state index contributed by atoms with van der Waals surface area (Å²) in [5.41, 5.74) is 12.7. The summed E-state index contributed by atoms with van der Waals surface area (Å²) in [6.07, 6.45) is 2.92. The first-order valence-corrected chi connectivity index (χ1v) is 17.6. The van der Waals surface area contributed by atoms with Crippen LogP contribution < -0.4 is 0 Å². The van der Waals surface area contributed by atoms with Crippen molar-refractivity contribution in [2.45, 2.75) is 95.2 Å². The Kier molecular flexibility index (Phi) is 12.4. The fraction of sp³-hybridized carbons (Fsp3) is 0.304. The Hall–Kier alpha value is -5.36. The van der Waals surface area contributed by atoms with Crippen LogP contribution in [0.1, 0.15) is 104 Å². The number of ketones is 2. The summed E-state index contributed by atoms with van der Waals surface area (Å²) in [5, 5.41) is 23.3. The molecule has 52 heavy (non-hydrogen) atoms. The molecule has 6 nitrogen and oxygen atoms in total. The third-order valence-corrected chi connectivity index (χ3v) is 9.30. The number of rotatable bonds is 11. The Morgan fingerprint density at radius 1 is 0.462 bits per heavy atom. The molecule has 2 N–H and O–H groups in total. The first-order chi connectivity index (χ1) is 24.4. The number of aliphatic hydroxyl groups is 2. The number of benzene rings is 4. The molecule has 0 saturated heterocycles. The van der Waals surface area contributed by atoms with Crippen LogP contribution in [0.3, 0.4) is 0 Å². The quantitative estimate of drug-likeness (QED) is 0.0926. The van der Waals surface area contributed by atoms with Gasteiger partial charge in [0, 0.05) is 23.6 Å². The van der Waals surface area contributed by atoms with Crippen LogP contribution in [0.25, 0.3) is 11.5 Å². The fourth-order valence-electron chi connectivity index (χ4n) is 7.38. The summed E-state index contributed by atoms with van der Waals surface area (Å²) >= 11 is 0. The van der Waals surface area contributed by atoms with E-state index in [1.165, 1.54) is 26.3 Å². The van der Waals surface area contributed by atoms with E-state index < -0.39 is 12.1 Å². The van der Waals surface area contributed by atoms with Gasteiger partial charge in [0.15, 0.2) is 11.6 Å². The molecule has 0 amide bonds. The molecule has 0 fully saturated rings. The Bertz CT molecular complexity index is 1940. The van der Waals surface area contributed by atoms with Gasteiger partial charge in [-0.1, -0.05) is 94.0 Å². The van der Waals surface area contributed by atoms with Crippen molar-refractivity contribution in [3.8, 4) is 0 Å². The second-order valence-electron chi connectivity index (χ2n) is 14.5. The largest absolute Gasteiger partial charge is 0.506 e. The maximum absolute atomic E-state index is 13.2. The molecule has 0 unspecified atom stereocenters. The van der Waals surface area contributed by atoms with Crippen molar-refractivity contribution in [1.82, 2.24) is 0 Å². The molecule has 0 heterocycles. The van der Waals surface area contributed by atoms with E-state index in [4.69, 9.17) is 9.98 Å². The highest BCUT2D eigenvalue weighted by Gasteiger charge is 2.27. The minimum absolute atomic E-state index is 0.0832. The molecule has 0 aromatic heterocycles. The predicted octanol–water partition coefficient (Wildman–Crippen LogP) is 10.8. The van der Waals surface area contributed by atoms with Crippen molar-refractivity contribution in [2.75, 3.05) is 0 Å². The van der Waals surface area contributed by atoms with E-state index in [1.54, 1.807) is 0 Å². The molecule has 4 aromatic carbocycles. The zero-order valence-corrected chi connectivity index (χ0v) is 32.7. The number of aliphatic hydroxyl groups excluding tert-OH is 2. The van der Waals surface area contributed by atoms with Crippen molar-refractivity contribution >= 4 is 35.5 Å². The fourth-order valence-corrected chi connectivity index (χ4v) is 7.38. The number of allylic oxidation sites excluding steroid dienone is 2. The molecular formula is C46H52N2O4. The molecule has 0 bridgehead atoms. The second-order valence-corrected chi connectivity index (χ2v) is 14.5. The van der Waals surface area contributed by atoms with Crippen LogP contribution in [0.5, 0.6) is 0 Å². The van der Waals surface area contributed by atoms with Crippen LogP contribution in [0, 0.1) is 69.2 Å². The summed E-state index contributed by atoms with van der Waals surface area (Å²) in [4.78, 5) is 36.6. The monoisotopic (exact) mass is 696 g/mol. The Morgan fingerprint density at radius 2 is 0.712 bits per heavy atom. The van der Waals surface area contributed by atoms with Gasteiger partial charge in [0.25, 0.3) is 0 Å². The van der Waals surface area contributed by atoms with E-state index in [0.29, 0.717) is 11.1 Å². The van der Waals surface area contributed by atoms with Gasteiger partial charge in [-0.05, 0) is 116 Å². The molecule has 0 radical (unpaired) electrons. The summed E-state index contributed by atoms with van der Waals surface area (Å²) < 4.78 is 0. The van der Waals surface area contributed by atoms with Crippen molar-refractivity contribution in [3.05, 3.63) is 150 Å². The first kappa shape index (κ1) is 39.4. The molecule has 2 atom stereocenters. The summed E-state index contributed by atoms with van der Waals surface area (Å²) in [7, 11) is 0. The van der Waals surface area contributed by atoms with Gasteiger partial charge in [-0.3, -0.25) is 19.6 Å². The lowest BCUT2D eigenvalue weighted by atomic mass is 9.90. The van der Waals surface area contributed by atoms with Gasteiger partial charge < -0.3 is 10.2 Å². The van der Waals surface area contributed by atoms with Crippen LogP contribution in [0.4, 0.5) is 0 Å². The lowest BCUT2D eigenvalue weighted by Gasteiger charge is -2.24. The normalized spacial score (nSPS) is 14.0. The van der Waals surface area contributed by atoms with E-state index in [-0.39, 0.29) is 34.2 Å². The van der Waals surface area contributed by atoms with E-state index in [1.807, 2.05) is 118 Å². The molecule has 0 aliphatic heterocycles. The van der Waals surface area contributed by atoms with Crippen LogP contribution in [-0.4, -0.2) is 34.2 Å². The van der Waals surface area contributed by atoms with E-state index in [0.717, 1.165) is 66.8 Å². The third kappa shape index (κ3) is 9.10. The highest BCUT2D eigenvalue weighted by Crippen LogP contribution is 2.38. The number of aryl methyl sites for hydroxylation is 10. The second kappa shape index (κ2) is 16.3. The van der Waals surface area contributed by atoms with E-state index >= 15 is 0 Å². The molecule has 4 aromatic rings. The topological polar surface area (TPSA) is 99.3 Å². The maximum atomic E-state index is 13.2. The summed E-state index contributed by atoms with van der Waals surface area (Å²) in [6.45, 7) is 22.6. The third-order valence-electron chi connectivity index (χ3n) is 9.30. The van der Waals surface area contributed by atoms with E-state index in [2.05, 4.69) is 12.1 Å². The average Bonchev–Trinajstić information content (AvgIpc) is 2.99. The number of Topliss-reactive ketones (excluding diaryl/α,β-unsaturated/α-hetero) is 2. The zero-order valence-electron chi connectivity index (χ0n) is 32.7. The maximum Gasteiger partial charge on any atom is 0.165 e. The number of aliphatic imine (C=N–C) groups is 2. The molecule has 4 rings (SSSR count). The van der Waals surface area contributed by atoms with Gasteiger partial charge in [-0.2, -0.15) is 0 Å². The number of nitrogens with zero attached hydrogens (tertiary/aromatic N) is 2. The van der Waals surface area contributed by atoms with Gasteiger partial charge >= 0.3 is 0 Å². The minimum atomic E-state index is -0.684. The smallest absolute Gasteiger partial charge is 0.165 e. The van der Waals surface area contributed by atoms with Crippen molar-refractivity contribution in [2.24, 2.45) is 9.98 Å². The van der Waals surface area contributed by atoms with Crippen LogP contribution in [-0.2, 0) is 9.59 Å². The molecule has 6 heteroatoms. The van der Waals surface area contributed by atoms with Crippen LogP contribution >= 0.6 is 0 Å². The number of carbonyl (C=O) groups excluding carboxylic acids is 2. The predicted molar refractivity (Wildman–Crippen MR) is 216 cm³/mol. The Balaban J connectivity index is 2.04. The van der Waals surface area contributed by atoms with Crippen LogP contribution in [0.2, 0.25) is 0 Å². The minimum Gasteiger partial charge on any atom is -0.506 e. The number of hydrogen-bond donors (Lipinski definition) is 2. The standard InChI is InChI=1S/C46H52N2O4/c1-25-13-26(2)20-37(19-25)43(47-23-39(35(11)49)45(51)41-31(7)15-29(5)16-32(41)8)44(38-21-27(3)14-28(4)22-38)48-24-40(36(12)50)46(52)42-33(9)17-30(6)18-34(42)10/h13-24,43-44,51-52H,1-12H3/b45-39-,46-40-,47-23?,48-24?/t43-,44-/m0/s1. The molecule has 0 aliphatic carbocycles. The van der Waals surface area contributed by atoms with Gasteiger partial charge in [-0.25, -0.2) is 0 Å². The zero-order chi connectivity index (χ0) is 38.6. The molecular weight excluding hydrogens is 645 g/mol. The van der Waals surface area contributed by atoms with Gasteiger partial charge in [0.2, 0.25) is 0 Å². The van der Waals surface area contributed by atoms with Crippen molar-refractivity contribution in [3.63, 3.8) is 0 Å². The van der Waals surface area contributed by atoms with Crippen molar-refractivity contribution in [1.29, 1.82) is 0 Å². The van der Waals surface area contributed by atoms with Crippen molar-refractivity contribution < 1.29 is 19.8 Å². The van der Waals surface area contributed by atoms with Gasteiger partial charge in [0.05, 0.1) is 11.1 Å². The number of hydrogen-bond acceptors (Lipinski definition) is 6. The summed E-state index contributed by atoms with van der Waals surface area (Å²) in [6, 6.07) is 18.9. The lowest BCUT2D eigenvalue weighted by Crippen LogP contribution is -2.13. The highest BCUT2D eigenvalue weighted by molar-refractivity contribution is 6.18. The highest BCUT2D eigenvalue weighted by atomic mass is 16.3. The first-order valence-electron chi connectivity index (χ1n) is 17.6. The Morgan fingerprint density at radius 3 is 0.962 bits per heavy atom. The Labute approximate surface area is 309 Å². The van der Waals surface area contributed by atoms with Gasteiger partial charge in [0.1, 0.15) is 23.6 Å². The summed E-state index contributed by atoms with van der Waals surface area (Å²) in [5.74, 6) is -0.927. The SMILES string of the molecule is CC(=O)/C(C=N[C@@H](c1cc(C)cc(C)c1)[C@@H](N=C/C(C(C)=O)=C(/O)c1c(C)cc(C)cc1C)c1cc(C)cc(C)c1)=C(\O)c1c(C)cc(C)cc1C. The lowest BCUT2D eigenvalue weighted by molar-refractivity contribution is -0.114. The van der Waals surface area contributed by atoms with Crippen LogP contribution in [0.15, 0.2) is 81.8 Å². The average molecular weight is 697 g/mol. The molecule has 270 valence electrons. The molecule has 0 spiro atoms. The number of carbonyl (C=O) groups is 2. The molecule has 0 aliphatic rings. The van der Waals surface area contributed by atoms with Gasteiger partial charge in [-0.15, -0.1) is 0 Å².